The third kappa shape index (κ3) is 3.04. The number of hydrogen-bond donors (Lipinski definition) is 1. The number of benzene rings is 1. The molecule has 2 heterocycles. The van der Waals surface area contributed by atoms with Crippen LogP contribution in [0.4, 0.5) is 5.69 Å². The van der Waals surface area contributed by atoms with Crippen molar-refractivity contribution in [3.8, 4) is 0 Å². The molecule has 0 saturated carbocycles. The van der Waals surface area contributed by atoms with Gasteiger partial charge in [0, 0.05) is 29.8 Å². The first-order valence-corrected chi connectivity index (χ1v) is 7.58. The molecule has 0 spiro atoms. The largest absolute Gasteiger partial charge is 0.378 e. The smallest absolute Gasteiger partial charge is 0.0642 e. The van der Waals surface area contributed by atoms with E-state index in [1.165, 1.54) is 30.5 Å². The van der Waals surface area contributed by atoms with Gasteiger partial charge in [0.1, 0.15) is 0 Å². The number of hydrogen-bond acceptors (Lipinski definition) is 3. The lowest BCUT2D eigenvalue weighted by molar-refractivity contribution is 0.122. The van der Waals surface area contributed by atoms with Crippen molar-refractivity contribution < 1.29 is 4.74 Å². The molecule has 1 atom stereocenters. The molecule has 1 aromatic carbocycles. The maximum atomic E-state index is 6.20. The van der Waals surface area contributed by atoms with Crippen LogP contribution in [0.5, 0.6) is 0 Å². The van der Waals surface area contributed by atoms with E-state index in [2.05, 4.69) is 22.3 Å². The molecule has 3 rings (SSSR count). The molecular weight excluding hydrogens is 260 g/mol. The molecule has 1 unspecified atom stereocenters. The Hall–Kier alpha value is -0.770. The molecule has 0 aliphatic carbocycles. The molecule has 104 valence electrons. The summed E-state index contributed by atoms with van der Waals surface area (Å²) in [6.45, 7) is 4.70. The normalized spacial score (nSPS) is 24.5. The zero-order chi connectivity index (χ0) is 13.1. The van der Waals surface area contributed by atoms with E-state index in [9.17, 15) is 0 Å². The first-order valence-electron chi connectivity index (χ1n) is 7.20. The van der Waals surface area contributed by atoms with Crippen LogP contribution in [0.15, 0.2) is 18.2 Å². The van der Waals surface area contributed by atoms with E-state index in [4.69, 9.17) is 16.3 Å². The second-order valence-corrected chi connectivity index (χ2v) is 5.74. The molecule has 4 heteroatoms. The number of ether oxygens (including phenoxy) is 1. The van der Waals surface area contributed by atoms with Gasteiger partial charge in [0.2, 0.25) is 0 Å². The molecule has 0 aromatic heterocycles. The predicted molar refractivity (Wildman–Crippen MR) is 79.1 cm³/mol. The van der Waals surface area contributed by atoms with Crippen LogP contribution in [0.3, 0.4) is 0 Å². The first-order chi connectivity index (χ1) is 9.34. The average molecular weight is 281 g/mol. The highest BCUT2D eigenvalue weighted by molar-refractivity contribution is 6.30. The molecule has 1 N–H and O–H groups in total. The third-order valence-corrected chi connectivity index (χ3v) is 4.26. The van der Waals surface area contributed by atoms with Gasteiger partial charge in [-0.1, -0.05) is 18.0 Å². The van der Waals surface area contributed by atoms with E-state index in [1.54, 1.807) is 0 Å². The Morgan fingerprint density at radius 3 is 2.79 bits per heavy atom. The fourth-order valence-corrected chi connectivity index (χ4v) is 3.19. The summed E-state index contributed by atoms with van der Waals surface area (Å²) < 4.78 is 5.45. The predicted octanol–water partition coefficient (Wildman–Crippen LogP) is 2.99. The van der Waals surface area contributed by atoms with Crippen LogP contribution in [-0.4, -0.2) is 32.8 Å². The van der Waals surface area contributed by atoms with Crippen molar-refractivity contribution in [2.45, 2.75) is 25.3 Å². The lowest BCUT2D eigenvalue weighted by atomic mass is 9.95. The number of nitrogens with zero attached hydrogens (tertiary/aromatic N) is 1. The zero-order valence-corrected chi connectivity index (χ0v) is 12.0. The molecule has 2 saturated heterocycles. The van der Waals surface area contributed by atoms with Crippen molar-refractivity contribution in [2.24, 2.45) is 0 Å². The van der Waals surface area contributed by atoms with Crippen molar-refractivity contribution in [2.75, 3.05) is 37.7 Å². The molecule has 2 aliphatic rings. The number of piperidine rings is 1. The van der Waals surface area contributed by atoms with Gasteiger partial charge < -0.3 is 15.0 Å². The van der Waals surface area contributed by atoms with E-state index in [-0.39, 0.29) is 0 Å². The van der Waals surface area contributed by atoms with Crippen molar-refractivity contribution in [3.05, 3.63) is 28.8 Å². The second kappa shape index (κ2) is 6.12. The maximum absolute atomic E-state index is 6.20. The van der Waals surface area contributed by atoms with E-state index < -0.39 is 0 Å². The lowest BCUT2D eigenvalue weighted by Gasteiger charge is -2.34. The van der Waals surface area contributed by atoms with Gasteiger partial charge in [-0.3, -0.25) is 0 Å². The van der Waals surface area contributed by atoms with Gasteiger partial charge in [-0.05, 0) is 43.1 Å². The quantitative estimate of drug-likeness (QED) is 0.901. The summed E-state index contributed by atoms with van der Waals surface area (Å²) in [6.07, 6.45) is 3.79. The Kier molecular flexibility index (Phi) is 4.26. The number of morpholine rings is 1. The minimum Gasteiger partial charge on any atom is -0.378 e. The Bertz CT molecular complexity index is 426. The Balaban J connectivity index is 1.88. The summed E-state index contributed by atoms with van der Waals surface area (Å²) in [4.78, 5) is 2.42. The summed E-state index contributed by atoms with van der Waals surface area (Å²) in [6, 6.07) is 6.75. The van der Waals surface area contributed by atoms with Crippen molar-refractivity contribution >= 4 is 17.3 Å². The summed E-state index contributed by atoms with van der Waals surface area (Å²) in [7, 11) is 0. The van der Waals surface area contributed by atoms with Crippen LogP contribution in [0, 0.1) is 0 Å². The minimum absolute atomic E-state index is 0.449. The molecular formula is C15H21ClN2O. The highest BCUT2D eigenvalue weighted by atomic mass is 35.5. The van der Waals surface area contributed by atoms with Crippen molar-refractivity contribution in [1.29, 1.82) is 0 Å². The third-order valence-electron chi connectivity index (χ3n) is 4.03. The summed E-state index contributed by atoms with van der Waals surface area (Å²) >= 11 is 6.20. The van der Waals surface area contributed by atoms with Crippen molar-refractivity contribution in [1.82, 2.24) is 5.32 Å². The fraction of sp³-hybridized carbons (Fsp3) is 0.600. The molecule has 0 bridgehead atoms. The summed E-state index contributed by atoms with van der Waals surface area (Å²) in [5.74, 6) is 0. The Labute approximate surface area is 119 Å². The van der Waals surface area contributed by atoms with Gasteiger partial charge in [0.25, 0.3) is 0 Å². The highest BCUT2D eigenvalue weighted by Crippen LogP contribution is 2.33. The first kappa shape index (κ1) is 13.2. The van der Waals surface area contributed by atoms with Crippen LogP contribution in [-0.2, 0) is 4.74 Å². The molecule has 0 radical (unpaired) electrons. The number of rotatable bonds is 2. The van der Waals surface area contributed by atoms with Gasteiger partial charge in [0.15, 0.2) is 0 Å². The Morgan fingerprint density at radius 1 is 1.21 bits per heavy atom. The maximum Gasteiger partial charge on any atom is 0.0642 e. The number of halogens is 1. The van der Waals surface area contributed by atoms with Crippen LogP contribution in [0.2, 0.25) is 5.02 Å². The van der Waals surface area contributed by atoms with Crippen molar-refractivity contribution in [3.63, 3.8) is 0 Å². The van der Waals surface area contributed by atoms with Gasteiger partial charge in [0.05, 0.1) is 13.2 Å². The highest BCUT2D eigenvalue weighted by Gasteiger charge is 2.22. The number of anilines is 1. The van der Waals surface area contributed by atoms with Crippen LogP contribution < -0.4 is 10.2 Å². The van der Waals surface area contributed by atoms with Gasteiger partial charge in [-0.15, -0.1) is 0 Å². The zero-order valence-electron chi connectivity index (χ0n) is 11.2. The summed E-state index contributed by atoms with van der Waals surface area (Å²) in [5.41, 5.74) is 2.68. The molecule has 1 aromatic rings. The second-order valence-electron chi connectivity index (χ2n) is 5.31. The fourth-order valence-electron chi connectivity index (χ4n) is 3.01. The van der Waals surface area contributed by atoms with Gasteiger partial charge in [-0.25, -0.2) is 0 Å². The van der Waals surface area contributed by atoms with Crippen LogP contribution in [0.25, 0.3) is 0 Å². The molecule has 3 nitrogen and oxygen atoms in total. The van der Waals surface area contributed by atoms with Crippen LogP contribution in [0.1, 0.15) is 30.9 Å². The SMILES string of the molecule is Clc1ccc(N2CCOCC2)c(C2CCCCN2)c1. The van der Waals surface area contributed by atoms with E-state index in [0.717, 1.165) is 37.9 Å². The van der Waals surface area contributed by atoms with E-state index in [0.29, 0.717) is 6.04 Å². The van der Waals surface area contributed by atoms with Gasteiger partial charge >= 0.3 is 0 Å². The van der Waals surface area contributed by atoms with E-state index in [1.807, 2.05) is 6.07 Å². The minimum atomic E-state index is 0.449. The monoisotopic (exact) mass is 280 g/mol. The summed E-state index contributed by atoms with van der Waals surface area (Å²) in [5, 5.41) is 4.46. The van der Waals surface area contributed by atoms with Gasteiger partial charge in [-0.2, -0.15) is 0 Å². The van der Waals surface area contributed by atoms with E-state index >= 15 is 0 Å². The molecule has 2 aliphatic heterocycles. The van der Waals surface area contributed by atoms with Crippen LogP contribution >= 0.6 is 11.6 Å². The Morgan fingerprint density at radius 2 is 2.05 bits per heavy atom. The standard InChI is InChI=1S/C15H21ClN2O/c16-12-4-5-15(18-7-9-19-10-8-18)13(11-12)14-3-1-2-6-17-14/h4-5,11,14,17H,1-3,6-10H2. The molecule has 2 fully saturated rings. The number of nitrogens with one attached hydrogen (secondary N) is 1. The average Bonchev–Trinajstić information content (AvgIpc) is 2.49. The molecule has 0 amide bonds. The topological polar surface area (TPSA) is 24.5 Å². The molecule has 19 heavy (non-hydrogen) atoms. The lowest BCUT2D eigenvalue weighted by Crippen LogP contribution is -2.38.